The van der Waals surface area contributed by atoms with Crippen molar-refractivity contribution >= 4 is 24.0 Å². The van der Waals surface area contributed by atoms with Crippen LogP contribution in [0.4, 0.5) is 20.2 Å². The zero-order valence-corrected chi connectivity index (χ0v) is 20.4. The van der Waals surface area contributed by atoms with Gasteiger partial charge in [-0.3, -0.25) is 14.9 Å². The number of rotatable bonds is 9. The first kappa shape index (κ1) is 26.2. The Hall–Kier alpha value is -3.82. The Morgan fingerprint density at radius 2 is 1.54 bits per heavy atom. The number of amides is 1. The van der Waals surface area contributed by atoms with E-state index in [9.17, 15) is 18.8 Å². The molecule has 1 fully saturated rings. The summed E-state index contributed by atoms with van der Waals surface area (Å²) in [7, 11) is 0. The Labute approximate surface area is 214 Å². The molecule has 0 radical (unpaired) electrons. The van der Waals surface area contributed by atoms with Crippen LogP contribution in [0.2, 0.25) is 0 Å². The van der Waals surface area contributed by atoms with Crippen molar-refractivity contribution in [2.75, 3.05) is 37.6 Å². The third-order valence-electron chi connectivity index (χ3n) is 6.84. The van der Waals surface area contributed by atoms with Gasteiger partial charge in [-0.05, 0) is 60.8 Å². The topological polar surface area (TPSA) is 81.9 Å². The van der Waals surface area contributed by atoms with Crippen LogP contribution < -0.4 is 10.4 Å². The summed E-state index contributed by atoms with van der Waals surface area (Å²) in [5, 5.41) is 20.7. The van der Waals surface area contributed by atoms with Crippen LogP contribution >= 0.6 is 0 Å². The van der Waals surface area contributed by atoms with E-state index >= 15 is 0 Å². The van der Waals surface area contributed by atoms with Gasteiger partial charge in [-0.25, -0.2) is 14.3 Å². The maximum Gasteiger partial charge on any atom is 0.276 e. The Balaban J connectivity index is 1.37. The van der Waals surface area contributed by atoms with Gasteiger partial charge in [-0.1, -0.05) is 24.3 Å². The lowest BCUT2D eigenvalue weighted by atomic mass is 9.87. The van der Waals surface area contributed by atoms with Crippen molar-refractivity contribution in [3.8, 4) is 0 Å². The molecule has 1 amide bonds. The number of anilines is 1. The van der Waals surface area contributed by atoms with Crippen LogP contribution in [0.25, 0.3) is 0 Å². The monoisotopic (exact) mass is 508 g/mol. The highest BCUT2D eigenvalue weighted by Crippen LogP contribution is 2.30. The van der Waals surface area contributed by atoms with Gasteiger partial charge in [0.15, 0.2) is 0 Å². The summed E-state index contributed by atoms with van der Waals surface area (Å²) in [5.74, 6) is -1.22. The zero-order chi connectivity index (χ0) is 26.4. The van der Waals surface area contributed by atoms with Crippen molar-refractivity contribution in [1.29, 1.82) is 0 Å². The fourth-order valence-corrected chi connectivity index (χ4v) is 4.84. The lowest BCUT2D eigenvalue weighted by Gasteiger charge is -2.37. The molecule has 0 atom stereocenters. The summed E-state index contributed by atoms with van der Waals surface area (Å²) in [5.41, 5.74) is 4.71. The van der Waals surface area contributed by atoms with Gasteiger partial charge in [-0.2, -0.15) is 4.74 Å². The molecule has 1 aliphatic rings. The minimum atomic E-state index is -0.686. The van der Waals surface area contributed by atoms with Crippen LogP contribution in [0.15, 0.2) is 66.7 Å². The smallest absolute Gasteiger partial charge is 0.276 e. The number of benzene rings is 3. The summed E-state index contributed by atoms with van der Waals surface area (Å²) in [4.78, 5) is 16.6. The molecule has 3 aromatic carbocycles. The summed E-state index contributed by atoms with van der Waals surface area (Å²) in [6.45, 7) is 7.08. The molecule has 194 valence electrons. The number of carbonyl (C=O) groups is 1. The van der Waals surface area contributed by atoms with Gasteiger partial charge in [0.05, 0.1) is 11.3 Å². The van der Waals surface area contributed by atoms with Crippen molar-refractivity contribution in [3.63, 3.8) is 0 Å². The second-order valence-electron chi connectivity index (χ2n) is 9.15. The zero-order valence-electron chi connectivity index (χ0n) is 20.4. The van der Waals surface area contributed by atoms with Crippen molar-refractivity contribution in [2.24, 2.45) is 0 Å². The molecule has 37 heavy (non-hydrogen) atoms. The van der Waals surface area contributed by atoms with E-state index in [0.29, 0.717) is 23.5 Å². The van der Waals surface area contributed by atoms with Gasteiger partial charge in [0, 0.05) is 44.2 Å². The molecule has 0 saturated carbocycles. The van der Waals surface area contributed by atoms with Crippen molar-refractivity contribution in [3.05, 3.63) is 100 Å². The van der Waals surface area contributed by atoms with Crippen LogP contribution in [-0.2, 0) is 0 Å². The highest BCUT2D eigenvalue weighted by molar-refractivity contribution is 5.99. The minimum Gasteiger partial charge on any atom is -0.619 e. The molecule has 9 heteroatoms. The lowest BCUT2D eigenvalue weighted by Crippen LogP contribution is -2.47. The minimum absolute atomic E-state index is 0.0363. The first-order chi connectivity index (χ1) is 17.9. The third-order valence-corrected chi connectivity index (χ3v) is 6.84. The van der Waals surface area contributed by atoms with E-state index in [1.54, 1.807) is 41.9 Å². The second kappa shape index (κ2) is 11.9. The number of hydrogen-bond donors (Lipinski definition) is 2. The molecule has 3 aromatic rings. The van der Waals surface area contributed by atoms with E-state index in [1.165, 1.54) is 30.3 Å². The highest BCUT2D eigenvalue weighted by Gasteiger charge is 2.23. The highest BCUT2D eigenvalue weighted by atomic mass is 19.1. The van der Waals surface area contributed by atoms with Gasteiger partial charge in [0.1, 0.15) is 18.4 Å². The van der Waals surface area contributed by atoms with E-state index in [1.807, 2.05) is 0 Å². The van der Waals surface area contributed by atoms with Crippen LogP contribution in [0.3, 0.4) is 0 Å². The van der Waals surface area contributed by atoms with Gasteiger partial charge >= 0.3 is 0 Å². The van der Waals surface area contributed by atoms with Crippen molar-refractivity contribution in [2.45, 2.75) is 18.8 Å². The van der Waals surface area contributed by atoms with Crippen LogP contribution in [0.5, 0.6) is 0 Å². The summed E-state index contributed by atoms with van der Waals surface area (Å²) >= 11 is 0. The van der Waals surface area contributed by atoms with E-state index in [2.05, 4.69) is 16.5 Å². The maximum absolute atomic E-state index is 13.5. The predicted octanol–water partition coefficient (Wildman–Crippen LogP) is 4.66. The molecule has 0 aliphatic carbocycles. The van der Waals surface area contributed by atoms with Crippen LogP contribution in [0, 0.1) is 16.8 Å². The number of halogens is 2. The predicted molar refractivity (Wildman–Crippen MR) is 139 cm³/mol. The molecule has 1 heterocycles. The van der Waals surface area contributed by atoms with Crippen LogP contribution in [-0.4, -0.2) is 60.2 Å². The Kier molecular flexibility index (Phi) is 8.47. The van der Waals surface area contributed by atoms with Gasteiger partial charge in [0.25, 0.3) is 5.91 Å². The standard InChI is InChI=1S/C28H30F2N4O3/c1-32(37)24-12-13-27(26(19-24)28(35)31-36)34-17-15-33(16-18-34)14-2-3-25(20-4-8-22(29)9-5-20)21-6-10-23(30)11-7-21/h4-13,19,25,36H,1-3,14-18H2,(H,31,35). The van der Waals surface area contributed by atoms with E-state index in [0.717, 1.165) is 43.6 Å². The lowest BCUT2D eigenvalue weighted by molar-refractivity contribution is -0.349. The number of carbonyl (C=O) groups excluding carboxylic acids is 1. The first-order valence-electron chi connectivity index (χ1n) is 12.2. The largest absolute Gasteiger partial charge is 0.619 e. The molecular formula is C28H30F2N4O3. The molecule has 1 aliphatic heterocycles. The summed E-state index contributed by atoms with van der Waals surface area (Å²) in [6, 6.07) is 17.7. The second-order valence-corrected chi connectivity index (χ2v) is 9.15. The van der Waals surface area contributed by atoms with Gasteiger partial charge in [0.2, 0.25) is 5.69 Å². The summed E-state index contributed by atoms with van der Waals surface area (Å²) < 4.78 is 27.4. The number of hydroxylamine groups is 1. The number of hydrogen-bond acceptors (Lipinski definition) is 5. The SMILES string of the molecule is C=[N+]([O-])c1ccc(N2CCN(CCCC(c3ccc(F)cc3)c3ccc(F)cc3)CC2)c(C(=O)NO)c1. The van der Waals surface area contributed by atoms with E-state index in [4.69, 9.17) is 5.21 Å². The average Bonchev–Trinajstić information content (AvgIpc) is 2.92. The molecule has 0 bridgehead atoms. The Morgan fingerprint density at radius 3 is 2.05 bits per heavy atom. The van der Waals surface area contributed by atoms with Crippen molar-refractivity contribution in [1.82, 2.24) is 10.4 Å². The van der Waals surface area contributed by atoms with E-state index < -0.39 is 5.91 Å². The van der Waals surface area contributed by atoms with Gasteiger partial charge < -0.3 is 10.1 Å². The quantitative estimate of drug-likeness (QED) is 0.144. The first-order valence-corrected chi connectivity index (χ1v) is 12.2. The normalized spacial score (nSPS) is 14.1. The van der Waals surface area contributed by atoms with E-state index in [-0.39, 0.29) is 28.8 Å². The molecule has 0 spiro atoms. The molecule has 0 unspecified atom stereocenters. The average molecular weight is 509 g/mol. The number of nitrogens with one attached hydrogen (secondary N) is 1. The molecule has 1 saturated heterocycles. The third kappa shape index (κ3) is 6.49. The van der Waals surface area contributed by atoms with Crippen LogP contribution in [0.1, 0.15) is 40.2 Å². The summed E-state index contributed by atoms with van der Waals surface area (Å²) in [6.07, 6.45) is 1.73. The fourth-order valence-electron chi connectivity index (χ4n) is 4.84. The molecule has 0 aromatic heterocycles. The molecule has 4 rings (SSSR count). The maximum atomic E-state index is 13.5. The molecule has 2 N–H and O–H groups in total. The van der Waals surface area contributed by atoms with Crippen molar-refractivity contribution < 1.29 is 23.5 Å². The number of nitrogens with zero attached hydrogens (tertiary/aromatic N) is 3. The molecular weight excluding hydrogens is 478 g/mol. The Morgan fingerprint density at radius 1 is 0.973 bits per heavy atom. The molecule has 7 nitrogen and oxygen atoms in total. The Bertz CT molecular complexity index is 1180. The number of piperazine rings is 1. The van der Waals surface area contributed by atoms with Gasteiger partial charge in [-0.15, -0.1) is 0 Å². The fraction of sp³-hybridized carbons (Fsp3) is 0.286.